The van der Waals surface area contributed by atoms with Crippen LogP contribution in [0.2, 0.25) is 0 Å². The third kappa shape index (κ3) is 1.68. The van der Waals surface area contributed by atoms with Crippen LogP contribution in [0.3, 0.4) is 0 Å². The maximum absolute atomic E-state index is 9.31. The fourth-order valence-corrected chi connectivity index (χ4v) is 2.18. The monoisotopic (exact) mass is 223 g/mol. The van der Waals surface area contributed by atoms with Crippen molar-refractivity contribution in [3.8, 4) is 16.9 Å². The van der Waals surface area contributed by atoms with E-state index in [1.807, 2.05) is 12.1 Å². The number of aryl methyl sites for hydroxylation is 1. The third-order valence-electron chi connectivity index (χ3n) is 2.97. The van der Waals surface area contributed by atoms with Crippen molar-refractivity contribution in [2.45, 2.75) is 6.92 Å². The summed E-state index contributed by atoms with van der Waals surface area (Å²) in [6, 6.07) is 15.7. The van der Waals surface area contributed by atoms with Crippen LogP contribution in [0.1, 0.15) is 5.69 Å². The average Bonchev–Trinajstić information content (AvgIpc) is 2.70. The maximum Gasteiger partial charge on any atom is 0.115 e. The van der Waals surface area contributed by atoms with Gasteiger partial charge >= 0.3 is 0 Å². The molecule has 3 rings (SSSR count). The molecule has 0 spiro atoms. The zero-order chi connectivity index (χ0) is 11.8. The molecule has 3 aromatic rings. The van der Waals surface area contributed by atoms with Crippen molar-refractivity contribution in [2.75, 3.05) is 0 Å². The highest BCUT2D eigenvalue weighted by molar-refractivity contribution is 5.94. The van der Waals surface area contributed by atoms with Gasteiger partial charge in [0.25, 0.3) is 0 Å². The largest absolute Gasteiger partial charge is 0.508 e. The molecule has 17 heavy (non-hydrogen) atoms. The first kappa shape index (κ1) is 9.97. The lowest BCUT2D eigenvalue weighted by molar-refractivity contribution is 0.475. The molecule has 0 atom stereocenters. The number of aromatic nitrogens is 1. The maximum atomic E-state index is 9.31. The molecule has 0 saturated carbocycles. The summed E-state index contributed by atoms with van der Waals surface area (Å²) in [5.74, 6) is 0.295. The van der Waals surface area contributed by atoms with Crippen LogP contribution in [0.5, 0.6) is 5.75 Å². The predicted octanol–water partition coefficient (Wildman–Crippen LogP) is 3.85. The fourth-order valence-electron chi connectivity index (χ4n) is 2.18. The first-order valence-corrected chi connectivity index (χ1v) is 5.62. The molecule has 1 heterocycles. The lowest BCUT2D eigenvalue weighted by atomic mass is 10.0. The highest BCUT2D eigenvalue weighted by Gasteiger charge is 2.05. The van der Waals surface area contributed by atoms with Crippen LogP contribution in [0, 0.1) is 6.92 Å². The van der Waals surface area contributed by atoms with Gasteiger partial charge in [-0.1, -0.05) is 30.3 Å². The Balaban J connectivity index is 2.26. The van der Waals surface area contributed by atoms with Gasteiger partial charge in [-0.15, -0.1) is 0 Å². The number of para-hydroxylation sites is 1. The van der Waals surface area contributed by atoms with Crippen molar-refractivity contribution < 1.29 is 5.11 Å². The number of nitrogens with one attached hydrogen (secondary N) is 1. The first-order valence-electron chi connectivity index (χ1n) is 5.62. The number of aromatic amines is 1. The van der Waals surface area contributed by atoms with Gasteiger partial charge in [-0.3, -0.25) is 0 Å². The van der Waals surface area contributed by atoms with Crippen molar-refractivity contribution in [3.63, 3.8) is 0 Å². The smallest absolute Gasteiger partial charge is 0.115 e. The summed E-state index contributed by atoms with van der Waals surface area (Å²) in [5, 5.41) is 10.5. The van der Waals surface area contributed by atoms with Gasteiger partial charge in [0, 0.05) is 16.6 Å². The Labute approximate surface area is 99.5 Å². The molecule has 0 aliphatic heterocycles. The molecule has 0 aliphatic rings. The van der Waals surface area contributed by atoms with E-state index in [2.05, 4.69) is 36.2 Å². The number of phenolic OH excluding ortho intramolecular Hbond substituents is 1. The standard InChI is InChI=1S/C15H13NO/c1-10-9-12-3-2-4-14(15(12)16-10)11-5-7-13(17)8-6-11/h2-9,16-17H,1H3. The Bertz CT molecular complexity index is 665. The second kappa shape index (κ2) is 3.67. The van der Waals surface area contributed by atoms with Crippen LogP contribution in [-0.2, 0) is 0 Å². The number of phenols is 1. The highest BCUT2D eigenvalue weighted by Crippen LogP contribution is 2.29. The van der Waals surface area contributed by atoms with Gasteiger partial charge in [-0.25, -0.2) is 0 Å². The van der Waals surface area contributed by atoms with Crippen molar-refractivity contribution in [3.05, 3.63) is 54.2 Å². The molecule has 0 unspecified atom stereocenters. The van der Waals surface area contributed by atoms with E-state index in [-0.39, 0.29) is 0 Å². The van der Waals surface area contributed by atoms with Crippen LogP contribution in [-0.4, -0.2) is 10.1 Å². The molecule has 0 fully saturated rings. The summed E-state index contributed by atoms with van der Waals surface area (Å²) in [6.45, 7) is 2.06. The van der Waals surface area contributed by atoms with Crippen LogP contribution in [0.4, 0.5) is 0 Å². The summed E-state index contributed by atoms with van der Waals surface area (Å²) in [7, 11) is 0. The van der Waals surface area contributed by atoms with Crippen molar-refractivity contribution in [2.24, 2.45) is 0 Å². The van der Waals surface area contributed by atoms with Gasteiger partial charge in [0.1, 0.15) is 5.75 Å². The quantitative estimate of drug-likeness (QED) is 0.645. The number of H-pyrrole nitrogens is 1. The van der Waals surface area contributed by atoms with E-state index in [0.29, 0.717) is 5.75 Å². The molecular formula is C15H13NO. The van der Waals surface area contributed by atoms with Crippen molar-refractivity contribution in [1.29, 1.82) is 0 Å². The number of hydrogen-bond donors (Lipinski definition) is 2. The number of aromatic hydroxyl groups is 1. The molecule has 0 saturated heterocycles. The second-order valence-corrected chi connectivity index (χ2v) is 4.27. The van der Waals surface area contributed by atoms with Gasteiger partial charge in [0.15, 0.2) is 0 Å². The Kier molecular flexibility index (Phi) is 2.15. The summed E-state index contributed by atoms with van der Waals surface area (Å²) in [4.78, 5) is 3.38. The molecule has 84 valence electrons. The summed E-state index contributed by atoms with van der Waals surface area (Å²) < 4.78 is 0. The third-order valence-corrected chi connectivity index (χ3v) is 2.97. The van der Waals surface area contributed by atoms with E-state index in [0.717, 1.165) is 22.3 Å². The highest BCUT2D eigenvalue weighted by atomic mass is 16.3. The lowest BCUT2D eigenvalue weighted by Crippen LogP contribution is -1.80. The molecule has 0 amide bonds. The van der Waals surface area contributed by atoms with Gasteiger partial charge in [-0.05, 0) is 30.7 Å². The molecule has 0 bridgehead atoms. The molecular weight excluding hydrogens is 210 g/mol. The van der Waals surface area contributed by atoms with E-state index in [9.17, 15) is 5.11 Å². The Morgan fingerprint density at radius 3 is 2.53 bits per heavy atom. The van der Waals surface area contributed by atoms with Gasteiger partial charge in [0.2, 0.25) is 0 Å². The summed E-state index contributed by atoms with van der Waals surface area (Å²) in [5.41, 5.74) is 4.58. The SMILES string of the molecule is Cc1cc2cccc(-c3ccc(O)cc3)c2[nH]1. The van der Waals surface area contributed by atoms with Crippen molar-refractivity contribution in [1.82, 2.24) is 4.98 Å². The molecule has 1 aromatic heterocycles. The first-order chi connectivity index (χ1) is 8.24. The Morgan fingerprint density at radius 1 is 1.00 bits per heavy atom. The second-order valence-electron chi connectivity index (χ2n) is 4.27. The van der Waals surface area contributed by atoms with Gasteiger partial charge in [-0.2, -0.15) is 0 Å². The molecule has 2 heteroatoms. The summed E-state index contributed by atoms with van der Waals surface area (Å²) in [6.07, 6.45) is 0. The van der Waals surface area contributed by atoms with Crippen molar-refractivity contribution >= 4 is 10.9 Å². The molecule has 0 aliphatic carbocycles. The van der Waals surface area contributed by atoms with E-state index in [4.69, 9.17) is 0 Å². The Hall–Kier alpha value is -2.22. The minimum Gasteiger partial charge on any atom is -0.508 e. The Morgan fingerprint density at radius 2 is 1.76 bits per heavy atom. The number of rotatable bonds is 1. The fraction of sp³-hybridized carbons (Fsp3) is 0.0667. The van der Waals surface area contributed by atoms with E-state index in [1.165, 1.54) is 5.39 Å². The zero-order valence-corrected chi connectivity index (χ0v) is 9.57. The van der Waals surface area contributed by atoms with E-state index in [1.54, 1.807) is 12.1 Å². The number of hydrogen-bond acceptors (Lipinski definition) is 1. The topological polar surface area (TPSA) is 36.0 Å². The molecule has 2 N–H and O–H groups in total. The lowest BCUT2D eigenvalue weighted by Gasteiger charge is -2.03. The zero-order valence-electron chi connectivity index (χ0n) is 9.57. The molecule has 2 aromatic carbocycles. The van der Waals surface area contributed by atoms with Crippen LogP contribution < -0.4 is 0 Å². The van der Waals surface area contributed by atoms with E-state index >= 15 is 0 Å². The molecule has 0 radical (unpaired) electrons. The van der Waals surface area contributed by atoms with E-state index < -0.39 is 0 Å². The average molecular weight is 223 g/mol. The van der Waals surface area contributed by atoms with Crippen LogP contribution in [0.15, 0.2) is 48.5 Å². The normalized spacial score (nSPS) is 10.9. The number of benzene rings is 2. The minimum atomic E-state index is 0.295. The van der Waals surface area contributed by atoms with Crippen LogP contribution in [0.25, 0.3) is 22.0 Å². The van der Waals surface area contributed by atoms with Crippen LogP contribution >= 0.6 is 0 Å². The molecule has 2 nitrogen and oxygen atoms in total. The summed E-state index contributed by atoms with van der Waals surface area (Å²) >= 11 is 0. The van der Waals surface area contributed by atoms with Gasteiger partial charge in [0.05, 0.1) is 5.52 Å². The predicted molar refractivity (Wildman–Crippen MR) is 70.1 cm³/mol. The van der Waals surface area contributed by atoms with Gasteiger partial charge < -0.3 is 10.1 Å². The number of fused-ring (bicyclic) bond motifs is 1. The minimum absolute atomic E-state index is 0.295.